The molecule has 0 aliphatic carbocycles. The Kier molecular flexibility index (Phi) is 6.92. The van der Waals surface area contributed by atoms with E-state index < -0.39 is 6.04 Å². The Balaban J connectivity index is 2.07. The highest BCUT2D eigenvalue weighted by Crippen LogP contribution is 2.27. The highest BCUT2D eigenvalue weighted by atomic mass is 16.2. The van der Waals surface area contributed by atoms with Crippen LogP contribution in [0.15, 0.2) is 54.6 Å². The lowest BCUT2D eigenvalue weighted by Gasteiger charge is -2.24. The molecule has 0 spiro atoms. The van der Waals surface area contributed by atoms with Gasteiger partial charge in [-0.25, -0.2) is 0 Å². The molecule has 5 heteroatoms. The number of rotatable bonds is 7. The molecule has 2 rings (SSSR count). The van der Waals surface area contributed by atoms with Crippen LogP contribution in [0.1, 0.15) is 20.8 Å². The number of para-hydroxylation sites is 1. The van der Waals surface area contributed by atoms with E-state index >= 15 is 0 Å². The van der Waals surface area contributed by atoms with E-state index in [1.165, 1.54) is 0 Å². The van der Waals surface area contributed by atoms with Crippen molar-refractivity contribution in [3.8, 4) is 11.1 Å². The van der Waals surface area contributed by atoms with Gasteiger partial charge >= 0.3 is 0 Å². The van der Waals surface area contributed by atoms with Gasteiger partial charge in [0, 0.05) is 17.3 Å². The van der Waals surface area contributed by atoms with E-state index in [2.05, 4.69) is 10.6 Å². The van der Waals surface area contributed by atoms with Crippen LogP contribution in [0.25, 0.3) is 11.1 Å². The van der Waals surface area contributed by atoms with Crippen LogP contribution < -0.4 is 10.6 Å². The molecule has 0 fully saturated rings. The Labute approximate surface area is 155 Å². The zero-order valence-corrected chi connectivity index (χ0v) is 15.8. The smallest absolute Gasteiger partial charge is 0.241 e. The summed E-state index contributed by atoms with van der Waals surface area (Å²) < 4.78 is 0. The van der Waals surface area contributed by atoms with E-state index in [-0.39, 0.29) is 24.4 Å². The summed E-state index contributed by atoms with van der Waals surface area (Å²) in [5.41, 5.74) is 2.77. The van der Waals surface area contributed by atoms with E-state index in [1.807, 2.05) is 68.4 Å². The number of likely N-dealkylation sites (N-methyl/N-ethyl adjacent to an activating group) is 1. The lowest BCUT2D eigenvalue weighted by Crippen LogP contribution is -2.46. The number of nitrogens with one attached hydrogen (secondary N) is 2. The second kappa shape index (κ2) is 9.15. The van der Waals surface area contributed by atoms with Crippen molar-refractivity contribution in [2.24, 2.45) is 0 Å². The molecule has 2 aromatic rings. The molecule has 5 nitrogen and oxygen atoms in total. The Morgan fingerprint density at radius 1 is 0.962 bits per heavy atom. The number of carbonyl (C=O) groups is 2. The van der Waals surface area contributed by atoms with E-state index in [9.17, 15) is 9.59 Å². The summed E-state index contributed by atoms with van der Waals surface area (Å²) in [5.74, 6) is -0.236. The maximum Gasteiger partial charge on any atom is 0.241 e. The van der Waals surface area contributed by atoms with Crippen molar-refractivity contribution >= 4 is 17.5 Å². The van der Waals surface area contributed by atoms with Gasteiger partial charge in [0.05, 0.1) is 12.6 Å². The second-order valence-corrected chi connectivity index (χ2v) is 6.71. The Bertz CT molecular complexity index is 744. The first-order chi connectivity index (χ1) is 12.4. The van der Waals surface area contributed by atoms with E-state index in [1.54, 1.807) is 18.9 Å². The number of anilines is 1. The number of hydrogen-bond acceptors (Lipinski definition) is 3. The molecule has 0 saturated carbocycles. The van der Waals surface area contributed by atoms with Crippen molar-refractivity contribution in [3.63, 3.8) is 0 Å². The zero-order chi connectivity index (χ0) is 19.1. The molecule has 0 heterocycles. The minimum Gasteiger partial charge on any atom is -0.353 e. The van der Waals surface area contributed by atoms with Gasteiger partial charge in [-0.1, -0.05) is 48.5 Å². The van der Waals surface area contributed by atoms with Crippen LogP contribution in [0.2, 0.25) is 0 Å². The number of carbonyl (C=O) groups excluding carboxylic acids is 2. The van der Waals surface area contributed by atoms with Gasteiger partial charge < -0.3 is 10.6 Å². The Morgan fingerprint density at radius 3 is 2.23 bits per heavy atom. The lowest BCUT2D eigenvalue weighted by molar-refractivity contribution is -0.125. The number of nitrogens with zero attached hydrogens (tertiary/aromatic N) is 1. The normalized spacial score (nSPS) is 12.1. The topological polar surface area (TPSA) is 61.4 Å². The first-order valence-corrected chi connectivity index (χ1v) is 8.83. The van der Waals surface area contributed by atoms with Crippen LogP contribution in [0, 0.1) is 0 Å². The average molecular weight is 353 g/mol. The fraction of sp³-hybridized carbons (Fsp3) is 0.333. The molecule has 2 aromatic carbocycles. The third-order valence-corrected chi connectivity index (χ3v) is 4.15. The largest absolute Gasteiger partial charge is 0.353 e. The van der Waals surface area contributed by atoms with Crippen LogP contribution in [-0.4, -0.2) is 42.4 Å². The van der Waals surface area contributed by atoms with Crippen molar-refractivity contribution in [1.82, 2.24) is 10.2 Å². The summed E-state index contributed by atoms with van der Waals surface area (Å²) in [4.78, 5) is 26.3. The van der Waals surface area contributed by atoms with E-state index in [0.717, 1.165) is 16.8 Å². The van der Waals surface area contributed by atoms with Gasteiger partial charge in [0.15, 0.2) is 0 Å². The second-order valence-electron chi connectivity index (χ2n) is 6.71. The van der Waals surface area contributed by atoms with Crippen molar-refractivity contribution < 1.29 is 9.59 Å². The van der Waals surface area contributed by atoms with E-state index in [0.29, 0.717) is 0 Å². The molecular weight excluding hydrogens is 326 g/mol. The number of benzene rings is 2. The predicted molar refractivity (Wildman–Crippen MR) is 106 cm³/mol. The molecule has 0 radical (unpaired) electrons. The summed E-state index contributed by atoms with van der Waals surface area (Å²) in [5, 5.41) is 5.83. The summed E-state index contributed by atoms with van der Waals surface area (Å²) in [6, 6.07) is 17.3. The summed E-state index contributed by atoms with van der Waals surface area (Å²) >= 11 is 0. The summed E-state index contributed by atoms with van der Waals surface area (Å²) in [6.45, 7) is 5.79. The van der Waals surface area contributed by atoms with Crippen molar-refractivity contribution in [3.05, 3.63) is 54.6 Å². The standard InChI is InChI=1S/C21H27N3O2/c1-15(2)22-20(25)14-24(4)16(3)21(26)23-19-13-9-8-12-18(19)17-10-6-5-7-11-17/h5-13,15-16H,14H2,1-4H3,(H,22,25)(H,23,26)/t16-/m0/s1. The number of hydrogen-bond donors (Lipinski definition) is 2. The van der Waals surface area contributed by atoms with Crippen LogP contribution >= 0.6 is 0 Å². The first-order valence-electron chi connectivity index (χ1n) is 8.83. The SMILES string of the molecule is CC(C)NC(=O)CN(C)[C@@H](C)C(=O)Nc1ccccc1-c1ccccc1. The molecule has 2 N–H and O–H groups in total. The summed E-state index contributed by atoms with van der Waals surface area (Å²) in [7, 11) is 1.77. The van der Waals surface area contributed by atoms with Gasteiger partial charge in [-0.2, -0.15) is 0 Å². The maximum atomic E-state index is 12.7. The third-order valence-electron chi connectivity index (χ3n) is 4.15. The summed E-state index contributed by atoms with van der Waals surface area (Å²) in [6.07, 6.45) is 0. The van der Waals surface area contributed by atoms with Gasteiger partial charge in [-0.3, -0.25) is 14.5 Å². The minimum absolute atomic E-state index is 0.0813. The molecule has 2 amide bonds. The van der Waals surface area contributed by atoms with Gasteiger partial charge in [0.1, 0.15) is 0 Å². The average Bonchev–Trinajstić information content (AvgIpc) is 2.61. The highest BCUT2D eigenvalue weighted by molar-refractivity contribution is 5.98. The van der Waals surface area contributed by atoms with Crippen molar-refractivity contribution in [1.29, 1.82) is 0 Å². The molecule has 138 valence electrons. The van der Waals surface area contributed by atoms with E-state index in [4.69, 9.17) is 0 Å². The van der Waals surface area contributed by atoms with Crippen LogP contribution in [-0.2, 0) is 9.59 Å². The molecule has 0 saturated heterocycles. The third kappa shape index (κ3) is 5.43. The maximum absolute atomic E-state index is 12.7. The molecule has 0 aliphatic rings. The van der Waals surface area contributed by atoms with Gasteiger partial charge in [0.25, 0.3) is 0 Å². The predicted octanol–water partition coefficient (Wildman–Crippen LogP) is 3.14. The fourth-order valence-corrected chi connectivity index (χ4v) is 2.63. The lowest BCUT2D eigenvalue weighted by atomic mass is 10.0. The van der Waals surface area contributed by atoms with Crippen LogP contribution in [0.3, 0.4) is 0 Å². The fourth-order valence-electron chi connectivity index (χ4n) is 2.63. The minimum atomic E-state index is -0.434. The van der Waals surface area contributed by atoms with Gasteiger partial charge in [-0.15, -0.1) is 0 Å². The van der Waals surface area contributed by atoms with Crippen molar-refractivity contribution in [2.75, 3.05) is 18.9 Å². The van der Waals surface area contributed by atoms with Crippen LogP contribution in [0.4, 0.5) is 5.69 Å². The van der Waals surface area contributed by atoms with Crippen molar-refractivity contribution in [2.45, 2.75) is 32.9 Å². The van der Waals surface area contributed by atoms with Gasteiger partial charge in [0.2, 0.25) is 11.8 Å². The molecule has 0 bridgehead atoms. The monoisotopic (exact) mass is 353 g/mol. The van der Waals surface area contributed by atoms with Crippen LogP contribution in [0.5, 0.6) is 0 Å². The molecule has 0 aromatic heterocycles. The molecular formula is C21H27N3O2. The molecule has 0 unspecified atom stereocenters. The number of amides is 2. The quantitative estimate of drug-likeness (QED) is 0.804. The Hall–Kier alpha value is -2.66. The highest BCUT2D eigenvalue weighted by Gasteiger charge is 2.21. The first kappa shape index (κ1) is 19.7. The molecule has 26 heavy (non-hydrogen) atoms. The molecule has 1 atom stereocenters. The molecule has 0 aliphatic heterocycles. The van der Waals surface area contributed by atoms with Gasteiger partial charge in [-0.05, 0) is 39.4 Å². The Morgan fingerprint density at radius 2 is 1.58 bits per heavy atom. The zero-order valence-electron chi connectivity index (χ0n) is 15.8.